The number of aryl methyl sites for hydroxylation is 2. The summed E-state index contributed by atoms with van der Waals surface area (Å²) in [6, 6.07) is 16.0. The van der Waals surface area contributed by atoms with Gasteiger partial charge in [0.05, 0.1) is 11.3 Å². The van der Waals surface area contributed by atoms with Crippen LogP contribution in [0.15, 0.2) is 53.0 Å². The number of unbranched alkanes of at least 4 members (excludes halogenated alkanes) is 1. The maximum atomic E-state index is 12.8. The van der Waals surface area contributed by atoms with Crippen LogP contribution in [0, 0.1) is 14.1 Å². The highest BCUT2D eigenvalue weighted by Crippen LogP contribution is 2.27. The Kier molecular flexibility index (Phi) is 8.76. The molecule has 1 amide bonds. The lowest BCUT2D eigenvalue weighted by Crippen LogP contribution is -2.34. The van der Waals surface area contributed by atoms with Gasteiger partial charge in [-0.05, 0) is 141 Å². The normalized spacial score (nSPS) is 11.0. The van der Waals surface area contributed by atoms with Crippen molar-refractivity contribution in [2.24, 2.45) is 0 Å². The molecule has 1 heterocycles. The first kappa shape index (κ1) is 26.4. The maximum Gasteiger partial charge on any atom is 0.258 e. The molecule has 0 bridgehead atoms. The maximum absolute atomic E-state index is 12.8. The third-order valence-corrected chi connectivity index (χ3v) is 8.70. The number of hydrogen-bond donors (Lipinski definition) is 2. The van der Waals surface area contributed by atoms with E-state index in [0.29, 0.717) is 5.56 Å². The zero-order chi connectivity index (χ0) is 25.1. The molecule has 0 aliphatic heterocycles. The third kappa shape index (κ3) is 6.38. The molecule has 3 aromatic carbocycles. The summed E-state index contributed by atoms with van der Waals surface area (Å²) < 4.78 is 2.67. The second-order valence-corrected chi connectivity index (χ2v) is 11.7. The van der Waals surface area contributed by atoms with Crippen LogP contribution in [0.4, 0.5) is 5.69 Å². The molecule has 4 rings (SSSR count). The van der Waals surface area contributed by atoms with Gasteiger partial charge in [-0.1, -0.05) is 25.5 Å². The molecule has 2 N–H and O–H groups in total. The van der Waals surface area contributed by atoms with Gasteiger partial charge in [-0.2, -0.15) is 4.80 Å². The minimum atomic E-state index is -0.280. The van der Waals surface area contributed by atoms with Crippen molar-refractivity contribution in [1.29, 1.82) is 0 Å². The topological polar surface area (TPSA) is 71.8 Å². The van der Waals surface area contributed by atoms with E-state index in [1.165, 1.54) is 18.4 Å². The molecule has 0 fully saturated rings. The van der Waals surface area contributed by atoms with E-state index in [9.17, 15) is 4.79 Å². The number of halogens is 3. The summed E-state index contributed by atoms with van der Waals surface area (Å²) in [6.07, 6.45) is 3.44. The molecule has 0 unspecified atom stereocenters. The molecule has 0 radical (unpaired) electrons. The Bertz CT molecular complexity index is 1420. The Morgan fingerprint density at radius 2 is 1.77 bits per heavy atom. The zero-order valence-corrected chi connectivity index (χ0v) is 25.7. The quantitative estimate of drug-likeness (QED) is 0.124. The van der Waals surface area contributed by atoms with Gasteiger partial charge < -0.3 is 5.32 Å². The molecular formula is C25H22BrI2N5OS. The van der Waals surface area contributed by atoms with Crippen LogP contribution < -0.4 is 10.6 Å². The fourth-order valence-electron chi connectivity index (χ4n) is 3.54. The van der Waals surface area contributed by atoms with E-state index in [-0.39, 0.29) is 11.0 Å². The van der Waals surface area contributed by atoms with Gasteiger partial charge in [-0.3, -0.25) is 10.1 Å². The number of nitrogens with one attached hydrogen (secondary N) is 2. The number of rotatable bonds is 6. The van der Waals surface area contributed by atoms with E-state index in [0.717, 1.165) is 46.0 Å². The summed E-state index contributed by atoms with van der Waals surface area (Å²) in [6.45, 7) is 4.16. The summed E-state index contributed by atoms with van der Waals surface area (Å²) >= 11 is 13.3. The number of aromatic nitrogens is 3. The summed E-state index contributed by atoms with van der Waals surface area (Å²) in [5.41, 5.74) is 5.99. The van der Waals surface area contributed by atoms with E-state index < -0.39 is 0 Å². The third-order valence-electron chi connectivity index (χ3n) is 5.43. The molecule has 0 aliphatic carbocycles. The number of fused-ring (bicyclic) bond motifs is 1. The van der Waals surface area contributed by atoms with Crippen molar-refractivity contribution in [3.63, 3.8) is 0 Å². The molecule has 0 aliphatic rings. The first-order valence-corrected chi connectivity index (χ1v) is 14.3. The van der Waals surface area contributed by atoms with E-state index in [2.05, 4.69) is 101 Å². The van der Waals surface area contributed by atoms with Gasteiger partial charge in [0.2, 0.25) is 0 Å². The van der Waals surface area contributed by atoms with Gasteiger partial charge >= 0.3 is 0 Å². The fraction of sp³-hybridized carbons (Fsp3) is 0.200. The van der Waals surface area contributed by atoms with Crippen molar-refractivity contribution in [2.75, 3.05) is 5.32 Å². The highest BCUT2D eigenvalue weighted by Gasteiger charge is 2.16. The van der Waals surface area contributed by atoms with E-state index in [1.54, 1.807) is 4.80 Å². The number of carbonyl (C=O) groups is 1. The van der Waals surface area contributed by atoms with Crippen LogP contribution in [0.25, 0.3) is 16.7 Å². The van der Waals surface area contributed by atoms with Gasteiger partial charge in [0.15, 0.2) is 5.11 Å². The molecule has 4 aromatic rings. The van der Waals surface area contributed by atoms with Crippen molar-refractivity contribution in [2.45, 2.75) is 33.1 Å². The average molecular weight is 774 g/mol. The van der Waals surface area contributed by atoms with E-state index in [4.69, 9.17) is 12.2 Å². The van der Waals surface area contributed by atoms with Crippen molar-refractivity contribution >= 4 is 101 Å². The number of anilines is 1. The van der Waals surface area contributed by atoms with Gasteiger partial charge in [-0.15, -0.1) is 10.2 Å². The molecule has 1 aromatic heterocycles. The molecule has 35 heavy (non-hydrogen) atoms. The van der Waals surface area contributed by atoms with Crippen LogP contribution >= 0.6 is 73.3 Å². The lowest BCUT2D eigenvalue weighted by molar-refractivity contribution is 0.0977. The Labute approximate surface area is 245 Å². The first-order chi connectivity index (χ1) is 16.7. The number of nitrogens with zero attached hydrogens (tertiary/aromatic N) is 3. The lowest BCUT2D eigenvalue weighted by Gasteiger charge is -2.13. The Hall–Kier alpha value is -1.64. The standard InChI is InChI=1S/C25H22BrI2N5OS/c1-3-4-5-15-6-8-17(9-7-15)33-31-21-10-14(2)20(13-22(21)32-33)29-25(35)30-24(34)18-11-16(27)12-19(28)23(18)26/h6-13H,3-5H2,1-2H3,(H2,29,30,34,35). The zero-order valence-electron chi connectivity index (χ0n) is 19.0. The Balaban J connectivity index is 1.50. The molecule has 180 valence electrons. The van der Waals surface area contributed by atoms with Crippen molar-refractivity contribution < 1.29 is 4.79 Å². The highest BCUT2D eigenvalue weighted by atomic mass is 127. The van der Waals surface area contributed by atoms with Crippen LogP contribution in [-0.2, 0) is 6.42 Å². The second kappa shape index (κ2) is 11.6. The molecule has 10 heteroatoms. The minimum absolute atomic E-state index is 0.216. The summed E-state index contributed by atoms with van der Waals surface area (Å²) in [5.74, 6) is -0.280. The van der Waals surface area contributed by atoms with Gasteiger partial charge in [0, 0.05) is 17.3 Å². The second-order valence-electron chi connectivity index (χ2n) is 8.07. The highest BCUT2D eigenvalue weighted by molar-refractivity contribution is 14.1. The number of thiocarbonyl (C=S) groups is 1. The number of carbonyl (C=O) groups excluding carboxylic acids is 1. The predicted octanol–water partition coefficient (Wildman–Crippen LogP) is 7.17. The monoisotopic (exact) mass is 773 g/mol. The number of benzene rings is 3. The van der Waals surface area contributed by atoms with Crippen LogP contribution in [0.3, 0.4) is 0 Å². The van der Waals surface area contributed by atoms with Crippen LogP contribution in [0.5, 0.6) is 0 Å². The van der Waals surface area contributed by atoms with Crippen molar-refractivity contribution in [3.8, 4) is 5.69 Å². The van der Waals surface area contributed by atoms with Crippen molar-refractivity contribution in [3.05, 3.63) is 76.8 Å². The number of hydrogen-bond acceptors (Lipinski definition) is 4. The molecule has 0 atom stereocenters. The minimum Gasteiger partial charge on any atom is -0.332 e. The lowest BCUT2D eigenvalue weighted by atomic mass is 10.1. The molecule has 6 nitrogen and oxygen atoms in total. The smallest absolute Gasteiger partial charge is 0.258 e. The van der Waals surface area contributed by atoms with E-state index in [1.807, 2.05) is 43.3 Å². The molecule has 0 spiro atoms. The van der Waals surface area contributed by atoms with Crippen LogP contribution in [-0.4, -0.2) is 26.0 Å². The van der Waals surface area contributed by atoms with Crippen LogP contribution in [0.2, 0.25) is 0 Å². The fourth-order valence-corrected chi connectivity index (χ4v) is 6.00. The Morgan fingerprint density at radius 1 is 1.09 bits per heavy atom. The van der Waals surface area contributed by atoms with Crippen molar-refractivity contribution in [1.82, 2.24) is 20.3 Å². The Morgan fingerprint density at radius 3 is 2.46 bits per heavy atom. The first-order valence-electron chi connectivity index (χ1n) is 11.0. The molecule has 0 saturated carbocycles. The average Bonchev–Trinajstić information content (AvgIpc) is 3.23. The number of amides is 1. The SMILES string of the molecule is CCCCc1ccc(-n2nc3cc(C)c(NC(=S)NC(=O)c4cc(I)cc(I)c4Br)cc3n2)cc1. The largest absolute Gasteiger partial charge is 0.332 e. The summed E-state index contributed by atoms with van der Waals surface area (Å²) in [7, 11) is 0. The predicted molar refractivity (Wildman–Crippen MR) is 165 cm³/mol. The summed E-state index contributed by atoms with van der Waals surface area (Å²) in [5, 5.41) is 15.4. The van der Waals surface area contributed by atoms with Gasteiger partial charge in [0.1, 0.15) is 11.0 Å². The summed E-state index contributed by atoms with van der Waals surface area (Å²) in [4.78, 5) is 14.5. The molecule has 0 saturated heterocycles. The molecular weight excluding hydrogens is 752 g/mol. The van der Waals surface area contributed by atoms with E-state index >= 15 is 0 Å². The van der Waals surface area contributed by atoms with Crippen LogP contribution in [0.1, 0.15) is 41.3 Å². The van der Waals surface area contributed by atoms with Gasteiger partial charge in [-0.25, -0.2) is 0 Å². The van der Waals surface area contributed by atoms with Gasteiger partial charge in [0.25, 0.3) is 5.91 Å².